The number of aromatic amines is 1. The number of H-pyrrole nitrogens is 1. The molecule has 19 heavy (non-hydrogen) atoms. The van der Waals surface area contributed by atoms with Crippen LogP contribution in [0.3, 0.4) is 0 Å². The molecular formula is C14H19N3OS. The van der Waals surface area contributed by atoms with Crippen molar-refractivity contribution in [3.63, 3.8) is 0 Å². The first-order valence-corrected chi connectivity index (χ1v) is 6.92. The van der Waals surface area contributed by atoms with E-state index < -0.39 is 0 Å². The monoisotopic (exact) mass is 277 g/mol. The van der Waals surface area contributed by atoms with Crippen LogP contribution in [0.5, 0.6) is 5.75 Å². The van der Waals surface area contributed by atoms with Gasteiger partial charge >= 0.3 is 0 Å². The van der Waals surface area contributed by atoms with Crippen LogP contribution in [0, 0.1) is 4.77 Å². The fraction of sp³-hybridized carbons (Fsp3) is 0.429. The maximum absolute atomic E-state index is 5.67. The second-order valence-electron chi connectivity index (χ2n) is 4.71. The van der Waals surface area contributed by atoms with E-state index in [1.165, 1.54) is 0 Å². The van der Waals surface area contributed by atoms with Crippen LogP contribution in [0.1, 0.15) is 32.0 Å². The standard InChI is InChI=1S/C14H19N3OS/c1-11(2)13-15-16-14(19)17(13)9-6-10-18-12-7-4-3-5-8-12/h3-5,7-8,11H,6,9-10H2,1-2H3,(H,16,19). The molecule has 0 aliphatic heterocycles. The molecule has 0 spiro atoms. The van der Waals surface area contributed by atoms with E-state index in [1.807, 2.05) is 34.9 Å². The van der Waals surface area contributed by atoms with Crippen LogP contribution in [0.25, 0.3) is 0 Å². The molecule has 2 rings (SSSR count). The maximum atomic E-state index is 5.67. The van der Waals surface area contributed by atoms with Crippen molar-refractivity contribution in [1.82, 2.24) is 14.8 Å². The Balaban J connectivity index is 1.86. The summed E-state index contributed by atoms with van der Waals surface area (Å²) in [4.78, 5) is 0. The average molecular weight is 277 g/mol. The molecule has 1 aromatic carbocycles. The number of benzene rings is 1. The van der Waals surface area contributed by atoms with Gasteiger partial charge < -0.3 is 9.30 Å². The molecule has 4 nitrogen and oxygen atoms in total. The van der Waals surface area contributed by atoms with Crippen molar-refractivity contribution in [2.24, 2.45) is 0 Å². The Labute approximate surface area is 118 Å². The van der Waals surface area contributed by atoms with E-state index in [1.54, 1.807) is 0 Å². The highest BCUT2D eigenvalue weighted by atomic mass is 32.1. The second-order valence-corrected chi connectivity index (χ2v) is 5.10. The quantitative estimate of drug-likeness (QED) is 0.649. The van der Waals surface area contributed by atoms with Gasteiger partial charge in [0.2, 0.25) is 0 Å². The van der Waals surface area contributed by atoms with E-state index in [0.29, 0.717) is 17.3 Å². The van der Waals surface area contributed by atoms with Crippen molar-refractivity contribution in [2.75, 3.05) is 6.61 Å². The van der Waals surface area contributed by atoms with Gasteiger partial charge in [-0.25, -0.2) is 0 Å². The van der Waals surface area contributed by atoms with Crippen molar-refractivity contribution in [3.05, 3.63) is 40.9 Å². The number of nitrogens with zero attached hydrogens (tertiary/aromatic N) is 2. The zero-order valence-electron chi connectivity index (χ0n) is 11.3. The number of aromatic nitrogens is 3. The summed E-state index contributed by atoms with van der Waals surface area (Å²) in [7, 11) is 0. The lowest BCUT2D eigenvalue weighted by molar-refractivity contribution is 0.300. The minimum absolute atomic E-state index is 0.364. The summed E-state index contributed by atoms with van der Waals surface area (Å²) in [5.74, 6) is 2.27. The molecule has 2 aromatic rings. The SMILES string of the molecule is CC(C)c1n[nH]c(=S)n1CCCOc1ccccc1. The first-order chi connectivity index (χ1) is 9.18. The van der Waals surface area contributed by atoms with Gasteiger partial charge in [0.25, 0.3) is 0 Å². The molecule has 0 unspecified atom stereocenters. The Morgan fingerprint density at radius 1 is 1.32 bits per heavy atom. The van der Waals surface area contributed by atoms with Gasteiger partial charge in [0, 0.05) is 12.5 Å². The van der Waals surface area contributed by atoms with E-state index in [2.05, 4.69) is 24.0 Å². The van der Waals surface area contributed by atoms with Crippen LogP contribution in [0.2, 0.25) is 0 Å². The van der Waals surface area contributed by atoms with Gasteiger partial charge in [-0.3, -0.25) is 5.10 Å². The van der Waals surface area contributed by atoms with Gasteiger partial charge in [-0.05, 0) is 30.8 Å². The van der Waals surface area contributed by atoms with Crippen molar-refractivity contribution < 1.29 is 4.74 Å². The molecule has 0 saturated carbocycles. The van der Waals surface area contributed by atoms with Crippen molar-refractivity contribution in [1.29, 1.82) is 0 Å². The summed E-state index contributed by atoms with van der Waals surface area (Å²) in [5.41, 5.74) is 0. The molecule has 0 fully saturated rings. The van der Waals surface area contributed by atoms with Gasteiger partial charge in [-0.1, -0.05) is 32.0 Å². The fourth-order valence-corrected chi connectivity index (χ4v) is 2.15. The Morgan fingerprint density at radius 2 is 2.05 bits per heavy atom. The molecular weight excluding hydrogens is 258 g/mol. The zero-order chi connectivity index (χ0) is 13.7. The molecule has 0 amide bonds. The highest BCUT2D eigenvalue weighted by molar-refractivity contribution is 7.71. The molecule has 0 bridgehead atoms. The Kier molecular flexibility index (Phi) is 4.74. The van der Waals surface area contributed by atoms with Gasteiger partial charge in [-0.15, -0.1) is 0 Å². The number of nitrogens with one attached hydrogen (secondary N) is 1. The molecule has 5 heteroatoms. The fourth-order valence-electron chi connectivity index (χ4n) is 1.92. The summed E-state index contributed by atoms with van der Waals surface area (Å²) in [6, 6.07) is 9.84. The van der Waals surface area contributed by atoms with E-state index in [-0.39, 0.29) is 0 Å². The molecule has 1 heterocycles. The maximum Gasteiger partial charge on any atom is 0.195 e. The smallest absolute Gasteiger partial charge is 0.195 e. The van der Waals surface area contributed by atoms with Gasteiger partial charge in [0.05, 0.1) is 6.61 Å². The van der Waals surface area contributed by atoms with Crippen molar-refractivity contribution in [2.45, 2.75) is 32.7 Å². The number of hydrogen-bond acceptors (Lipinski definition) is 3. The van der Waals surface area contributed by atoms with Crippen molar-refractivity contribution >= 4 is 12.2 Å². The number of ether oxygens (including phenoxy) is 1. The van der Waals surface area contributed by atoms with Crippen molar-refractivity contribution in [3.8, 4) is 5.75 Å². The van der Waals surface area contributed by atoms with E-state index >= 15 is 0 Å². The third-order valence-electron chi connectivity index (χ3n) is 2.84. The molecule has 0 saturated heterocycles. The lowest BCUT2D eigenvalue weighted by Gasteiger charge is -2.10. The third-order valence-corrected chi connectivity index (χ3v) is 3.15. The minimum Gasteiger partial charge on any atom is -0.494 e. The largest absolute Gasteiger partial charge is 0.494 e. The summed E-state index contributed by atoms with van der Waals surface area (Å²) in [5, 5.41) is 7.11. The van der Waals surface area contributed by atoms with E-state index in [4.69, 9.17) is 17.0 Å². The van der Waals surface area contributed by atoms with Crippen LogP contribution < -0.4 is 4.74 Å². The molecule has 102 valence electrons. The lowest BCUT2D eigenvalue weighted by atomic mass is 10.2. The van der Waals surface area contributed by atoms with Crippen LogP contribution in [0.4, 0.5) is 0 Å². The highest BCUT2D eigenvalue weighted by Gasteiger charge is 2.09. The Morgan fingerprint density at radius 3 is 2.74 bits per heavy atom. The third kappa shape index (κ3) is 3.67. The summed E-state index contributed by atoms with van der Waals surface area (Å²) < 4.78 is 8.40. The first kappa shape index (κ1) is 13.8. The normalized spacial score (nSPS) is 10.9. The van der Waals surface area contributed by atoms with E-state index in [9.17, 15) is 0 Å². The predicted molar refractivity (Wildman–Crippen MR) is 78.1 cm³/mol. The zero-order valence-corrected chi connectivity index (χ0v) is 12.1. The highest BCUT2D eigenvalue weighted by Crippen LogP contribution is 2.13. The van der Waals surface area contributed by atoms with Gasteiger partial charge in [0.15, 0.2) is 4.77 Å². The molecule has 0 atom stereocenters. The van der Waals surface area contributed by atoms with Gasteiger partial charge in [0.1, 0.15) is 11.6 Å². The number of para-hydroxylation sites is 1. The predicted octanol–water partition coefficient (Wildman–Crippen LogP) is 3.53. The first-order valence-electron chi connectivity index (χ1n) is 6.51. The summed E-state index contributed by atoms with van der Waals surface area (Å²) in [6.45, 7) is 5.73. The Bertz CT molecular complexity index is 560. The number of rotatable bonds is 6. The molecule has 1 aromatic heterocycles. The summed E-state index contributed by atoms with van der Waals surface area (Å²) in [6.07, 6.45) is 0.905. The average Bonchev–Trinajstić information content (AvgIpc) is 2.77. The molecule has 1 N–H and O–H groups in total. The minimum atomic E-state index is 0.364. The lowest BCUT2D eigenvalue weighted by Crippen LogP contribution is -2.09. The molecule has 0 aliphatic carbocycles. The Hall–Kier alpha value is -1.62. The summed E-state index contributed by atoms with van der Waals surface area (Å²) >= 11 is 5.24. The topological polar surface area (TPSA) is 42.8 Å². The van der Waals surface area contributed by atoms with Crippen LogP contribution in [-0.2, 0) is 6.54 Å². The van der Waals surface area contributed by atoms with Crippen LogP contribution >= 0.6 is 12.2 Å². The number of hydrogen-bond donors (Lipinski definition) is 1. The molecule has 0 radical (unpaired) electrons. The van der Waals surface area contributed by atoms with Gasteiger partial charge in [-0.2, -0.15) is 5.10 Å². The second kappa shape index (κ2) is 6.52. The van der Waals surface area contributed by atoms with E-state index in [0.717, 1.165) is 24.5 Å². The van der Waals surface area contributed by atoms with Crippen LogP contribution in [0.15, 0.2) is 30.3 Å². The molecule has 0 aliphatic rings. The van der Waals surface area contributed by atoms with Crippen LogP contribution in [-0.4, -0.2) is 21.4 Å².